The molecule has 0 aromatic heterocycles. The third-order valence-electron chi connectivity index (χ3n) is 2.64. The summed E-state index contributed by atoms with van der Waals surface area (Å²) in [5.74, 6) is -0.196. The van der Waals surface area contributed by atoms with Crippen LogP contribution >= 0.6 is 0 Å². The van der Waals surface area contributed by atoms with Crippen LogP contribution in [0.2, 0.25) is 0 Å². The SMILES string of the molecule is C=COCCCCOC(=N)CCC(=O)OCCCCOC=C. The van der Waals surface area contributed by atoms with Crippen molar-refractivity contribution in [2.45, 2.75) is 38.5 Å². The lowest BCUT2D eigenvalue weighted by Gasteiger charge is -2.08. The molecule has 0 heterocycles. The zero-order chi connectivity index (χ0) is 16.5. The number of hydrogen-bond acceptors (Lipinski definition) is 6. The van der Waals surface area contributed by atoms with Gasteiger partial charge in [0.2, 0.25) is 0 Å². The van der Waals surface area contributed by atoms with Crippen LogP contribution in [-0.4, -0.2) is 38.3 Å². The van der Waals surface area contributed by atoms with Crippen LogP contribution in [0.15, 0.2) is 25.7 Å². The molecule has 0 amide bonds. The van der Waals surface area contributed by atoms with Crippen molar-refractivity contribution in [1.82, 2.24) is 0 Å². The number of ether oxygens (including phenoxy) is 4. The Labute approximate surface area is 132 Å². The standard InChI is InChI=1S/C16H27NO5/c1-3-19-11-5-7-13-21-15(17)9-10-16(18)22-14-8-6-12-20-4-2/h3-4,17H,1-2,5-14H2. The predicted molar refractivity (Wildman–Crippen MR) is 84.6 cm³/mol. The van der Waals surface area contributed by atoms with Gasteiger partial charge in [0.1, 0.15) is 0 Å². The normalized spacial score (nSPS) is 9.64. The second-order valence-electron chi connectivity index (χ2n) is 4.48. The molecule has 1 N–H and O–H groups in total. The number of rotatable bonds is 15. The van der Waals surface area contributed by atoms with Gasteiger partial charge in [-0.05, 0) is 25.7 Å². The fourth-order valence-corrected chi connectivity index (χ4v) is 1.48. The average Bonchev–Trinajstić information content (AvgIpc) is 2.52. The maximum Gasteiger partial charge on any atom is 0.306 e. The van der Waals surface area contributed by atoms with Crippen LogP contribution in [0.1, 0.15) is 38.5 Å². The lowest BCUT2D eigenvalue weighted by atomic mass is 10.3. The minimum Gasteiger partial charge on any atom is -0.502 e. The van der Waals surface area contributed by atoms with Crippen molar-refractivity contribution in [3.8, 4) is 0 Å². The van der Waals surface area contributed by atoms with E-state index in [0.29, 0.717) is 26.4 Å². The largest absolute Gasteiger partial charge is 0.502 e. The highest BCUT2D eigenvalue weighted by atomic mass is 16.5. The highest BCUT2D eigenvalue weighted by molar-refractivity contribution is 5.79. The van der Waals surface area contributed by atoms with Crippen LogP contribution in [-0.2, 0) is 23.7 Å². The van der Waals surface area contributed by atoms with Gasteiger partial charge in [-0.2, -0.15) is 0 Å². The molecule has 0 aromatic carbocycles. The average molecular weight is 313 g/mol. The van der Waals surface area contributed by atoms with Gasteiger partial charge in [-0.15, -0.1) is 0 Å². The van der Waals surface area contributed by atoms with Crippen molar-refractivity contribution >= 4 is 11.9 Å². The topological polar surface area (TPSA) is 77.8 Å². The molecule has 0 aliphatic rings. The molecule has 0 aliphatic carbocycles. The van der Waals surface area contributed by atoms with Crippen LogP contribution in [0, 0.1) is 5.41 Å². The molecule has 0 saturated carbocycles. The molecular formula is C16H27NO5. The second kappa shape index (κ2) is 15.4. The fraction of sp³-hybridized carbons (Fsp3) is 0.625. The van der Waals surface area contributed by atoms with E-state index in [2.05, 4.69) is 13.2 Å². The Morgan fingerprint density at radius 1 is 0.818 bits per heavy atom. The number of carbonyl (C=O) groups is 1. The molecule has 0 fully saturated rings. The van der Waals surface area contributed by atoms with Gasteiger partial charge < -0.3 is 18.9 Å². The summed E-state index contributed by atoms with van der Waals surface area (Å²) in [5.41, 5.74) is 0. The van der Waals surface area contributed by atoms with E-state index < -0.39 is 0 Å². The zero-order valence-electron chi connectivity index (χ0n) is 13.2. The summed E-state index contributed by atoms with van der Waals surface area (Å²) in [6.07, 6.45) is 6.44. The first-order valence-corrected chi connectivity index (χ1v) is 7.51. The monoisotopic (exact) mass is 313 g/mol. The molecule has 0 bridgehead atoms. The van der Waals surface area contributed by atoms with E-state index in [-0.39, 0.29) is 24.7 Å². The smallest absolute Gasteiger partial charge is 0.306 e. The number of nitrogens with one attached hydrogen (secondary N) is 1. The van der Waals surface area contributed by atoms with E-state index in [1.807, 2.05) is 0 Å². The summed E-state index contributed by atoms with van der Waals surface area (Å²) in [4.78, 5) is 11.4. The quantitative estimate of drug-likeness (QED) is 0.165. The minimum atomic E-state index is -0.308. The third kappa shape index (κ3) is 14.4. The molecule has 0 atom stereocenters. The van der Waals surface area contributed by atoms with Gasteiger partial charge >= 0.3 is 5.97 Å². The number of unbranched alkanes of at least 4 members (excludes halogenated alkanes) is 2. The summed E-state index contributed by atoms with van der Waals surface area (Å²) in [5, 5.41) is 7.58. The van der Waals surface area contributed by atoms with Crippen LogP contribution < -0.4 is 0 Å². The van der Waals surface area contributed by atoms with Crippen molar-refractivity contribution in [1.29, 1.82) is 5.41 Å². The molecule has 22 heavy (non-hydrogen) atoms. The predicted octanol–water partition coefficient (Wildman–Crippen LogP) is 3.18. The number of hydrogen-bond donors (Lipinski definition) is 1. The van der Waals surface area contributed by atoms with E-state index in [1.54, 1.807) is 0 Å². The first-order chi connectivity index (χ1) is 10.7. The molecule has 126 valence electrons. The van der Waals surface area contributed by atoms with Crippen LogP contribution in [0.4, 0.5) is 0 Å². The van der Waals surface area contributed by atoms with E-state index in [4.69, 9.17) is 24.4 Å². The first-order valence-electron chi connectivity index (χ1n) is 7.51. The van der Waals surface area contributed by atoms with E-state index >= 15 is 0 Å². The van der Waals surface area contributed by atoms with E-state index in [9.17, 15) is 4.79 Å². The van der Waals surface area contributed by atoms with Gasteiger partial charge in [-0.3, -0.25) is 10.2 Å². The Kier molecular flexibility index (Phi) is 14.0. The molecule has 6 heteroatoms. The molecule has 0 spiro atoms. The zero-order valence-corrected chi connectivity index (χ0v) is 13.2. The molecule has 0 unspecified atom stereocenters. The Balaban J connectivity index is 3.39. The van der Waals surface area contributed by atoms with Crippen molar-refractivity contribution in [3.63, 3.8) is 0 Å². The van der Waals surface area contributed by atoms with E-state index in [1.165, 1.54) is 12.5 Å². The lowest BCUT2D eigenvalue weighted by Crippen LogP contribution is -2.11. The van der Waals surface area contributed by atoms with Crippen molar-refractivity contribution in [2.75, 3.05) is 26.4 Å². The molecule has 0 saturated heterocycles. The first kappa shape index (κ1) is 20.0. The Morgan fingerprint density at radius 2 is 1.32 bits per heavy atom. The maximum atomic E-state index is 11.4. The Bertz CT molecular complexity index is 298. The highest BCUT2D eigenvalue weighted by Gasteiger charge is 2.06. The van der Waals surface area contributed by atoms with Gasteiger partial charge in [0, 0.05) is 6.42 Å². The Hall–Kier alpha value is -1.98. The summed E-state index contributed by atoms with van der Waals surface area (Å²) in [7, 11) is 0. The molecule has 0 radical (unpaired) electrons. The van der Waals surface area contributed by atoms with Crippen molar-refractivity contribution in [2.24, 2.45) is 0 Å². The molecule has 0 rings (SSSR count). The highest BCUT2D eigenvalue weighted by Crippen LogP contribution is 2.00. The molecule has 0 aliphatic heterocycles. The van der Waals surface area contributed by atoms with E-state index in [0.717, 1.165) is 25.7 Å². The fourth-order valence-electron chi connectivity index (χ4n) is 1.48. The van der Waals surface area contributed by atoms with Crippen LogP contribution in [0.25, 0.3) is 0 Å². The van der Waals surface area contributed by atoms with Gasteiger partial charge in [-0.25, -0.2) is 0 Å². The molecule has 0 aromatic rings. The van der Waals surface area contributed by atoms with Crippen molar-refractivity contribution < 1.29 is 23.7 Å². The van der Waals surface area contributed by atoms with Crippen molar-refractivity contribution in [3.05, 3.63) is 25.7 Å². The molecular weight excluding hydrogens is 286 g/mol. The number of esters is 1. The van der Waals surface area contributed by atoms with Gasteiger partial charge in [0.05, 0.1) is 45.4 Å². The third-order valence-corrected chi connectivity index (χ3v) is 2.64. The Morgan fingerprint density at radius 3 is 1.86 bits per heavy atom. The number of carbonyl (C=O) groups excluding carboxylic acids is 1. The molecule has 6 nitrogen and oxygen atoms in total. The minimum absolute atomic E-state index is 0.112. The summed E-state index contributed by atoms with van der Waals surface area (Å²) >= 11 is 0. The van der Waals surface area contributed by atoms with Crippen LogP contribution in [0.3, 0.4) is 0 Å². The lowest BCUT2D eigenvalue weighted by molar-refractivity contribution is -0.143. The summed E-state index contributed by atoms with van der Waals surface area (Å²) in [6, 6.07) is 0. The van der Waals surface area contributed by atoms with Gasteiger partial charge in [-0.1, -0.05) is 13.2 Å². The maximum absolute atomic E-state index is 11.4. The van der Waals surface area contributed by atoms with Gasteiger partial charge in [0.25, 0.3) is 0 Å². The summed E-state index contributed by atoms with van der Waals surface area (Å²) in [6.45, 7) is 8.89. The summed E-state index contributed by atoms with van der Waals surface area (Å²) < 4.78 is 20.2. The van der Waals surface area contributed by atoms with Crippen LogP contribution in [0.5, 0.6) is 0 Å². The van der Waals surface area contributed by atoms with Gasteiger partial charge in [0.15, 0.2) is 5.90 Å². The second-order valence-corrected chi connectivity index (χ2v) is 4.48.